The van der Waals surface area contributed by atoms with Gasteiger partial charge in [0, 0.05) is 22.9 Å². The van der Waals surface area contributed by atoms with Crippen molar-refractivity contribution in [1.29, 1.82) is 0 Å². The molecule has 3 heteroatoms. The largest absolute Gasteiger partial charge is 0.496 e. The van der Waals surface area contributed by atoms with Crippen LogP contribution < -0.4 is 10.4 Å². The van der Waals surface area contributed by atoms with Crippen molar-refractivity contribution in [3.63, 3.8) is 0 Å². The lowest BCUT2D eigenvalue weighted by atomic mass is 9.81. The Morgan fingerprint density at radius 3 is 2.67 bits per heavy atom. The van der Waals surface area contributed by atoms with Gasteiger partial charge >= 0.3 is 5.63 Å². The van der Waals surface area contributed by atoms with Gasteiger partial charge in [-0.3, -0.25) is 0 Å². The van der Waals surface area contributed by atoms with Gasteiger partial charge in [-0.1, -0.05) is 11.6 Å². The Kier molecular flexibility index (Phi) is 2.47. The van der Waals surface area contributed by atoms with Crippen LogP contribution >= 0.6 is 0 Å². The standard InChI is InChI=1S/C15H14O3/c1-9-7-11(8-9)14-12(17-2)5-3-10-4-6-13(16)18-15(10)14/h3-7,11H,8H2,1-2H3. The smallest absolute Gasteiger partial charge is 0.336 e. The van der Waals surface area contributed by atoms with Gasteiger partial charge in [0.2, 0.25) is 0 Å². The monoisotopic (exact) mass is 242 g/mol. The van der Waals surface area contributed by atoms with Gasteiger partial charge in [0.15, 0.2) is 0 Å². The zero-order valence-corrected chi connectivity index (χ0v) is 10.4. The zero-order chi connectivity index (χ0) is 12.7. The summed E-state index contributed by atoms with van der Waals surface area (Å²) in [6.45, 7) is 2.10. The SMILES string of the molecule is COc1ccc2ccc(=O)oc2c1C1C=C(C)C1. The second kappa shape index (κ2) is 4.02. The maximum Gasteiger partial charge on any atom is 0.336 e. The molecule has 1 atom stereocenters. The summed E-state index contributed by atoms with van der Waals surface area (Å²) in [6, 6.07) is 7.08. The van der Waals surface area contributed by atoms with Crippen LogP contribution in [0.4, 0.5) is 0 Å². The first-order valence-electron chi connectivity index (χ1n) is 5.97. The molecule has 0 fully saturated rings. The summed E-state index contributed by atoms with van der Waals surface area (Å²) in [7, 11) is 1.64. The highest BCUT2D eigenvalue weighted by atomic mass is 16.5. The van der Waals surface area contributed by atoms with Gasteiger partial charge in [0.25, 0.3) is 0 Å². The molecule has 1 heterocycles. The summed E-state index contributed by atoms with van der Waals surface area (Å²) in [5.74, 6) is 1.07. The van der Waals surface area contributed by atoms with Gasteiger partial charge in [-0.05, 0) is 31.5 Å². The Labute approximate surface area is 105 Å². The minimum Gasteiger partial charge on any atom is -0.496 e. The number of benzene rings is 1. The number of hydrogen-bond acceptors (Lipinski definition) is 3. The maximum atomic E-state index is 11.4. The Hall–Kier alpha value is -2.03. The van der Waals surface area contributed by atoms with E-state index in [4.69, 9.17) is 9.15 Å². The highest BCUT2D eigenvalue weighted by Gasteiger charge is 2.25. The van der Waals surface area contributed by atoms with E-state index in [-0.39, 0.29) is 11.5 Å². The minimum absolute atomic E-state index is 0.286. The van der Waals surface area contributed by atoms with Crippen LogP contribution in [0.5, 0.6) is 5.75 Å². The Balaban J connectivity index is 2.30. The highest BCUT2D eigenvalue weighted by Crippen LogP contribution is 2.42. The van der Waals surface area contributed by atoms with Crippen LogP contribution in [-0.4, -0.2) is 7.11 Å². The van der Waals surface area contributed by atoms with E-state index in [1.54, 1.807) is 13.2 Å². The molecule has 1 aromatic carbocycles. The third kappa shape index (κ3) is 1.63. The molecule has 0 N–H and O–H groups in total. The van der Waals surface area contributed by atoms with Crippen LogP contribution in [0.2, 0.25) is 0 Å². The minimum atomic E-state index is -0.322. The predicted molar refractivity (Wildman–Crippen MR) is 70.2 cm³/mol. The van der Waals surface area contributed by atoms with Crippen molar-refractivity contribution in [2.45, 2.75) is 19.3 Å². The summed E-state index contributed by atoms with van der Waals surface area (Å²) in [5, 5.41) is 0.934. The Bertz CT molecular complexity index is 694. The quantitative estimate of drug-likeness (QED) is 0.599. The van der Waals surface area contributed by atoms with Crippen LogP contribution in [0, 0.1) is 0 Å². The molecule has 0 spiro atoms. The molecular weight excluding hydrogens is 228 g/mol. The summed E-state index contributed by atoms with van der Waals surface area (Å²) < 4.78 is 10.8. The normalized spacial score (nSPS) is 18.3. The van der Waals surface area contributed by atoms with E-state index < -0.39 is 0 Å². The van der Waals surface area contributed by atoms with Crippen LogP contribution in [0.15, 0.2) is 45.1 Å². The number of methoxy groups -OCH3 is 1. The van der Waals surface area contributed by atoms with Gasteiger partial charge in [-0.25, -0.2) is 4.79 Å². The van der Waals surface area contributed by atoms with Crippen molar-refractivity contribution in [2.75, 3.05) is 7.11 Å². The third-order valence-electron chi connectivity index (χ3n) is 3.41. The summed E-state index contributed by atoms with van der Waals surface area (Å²) in [5.41, 5.74) is 2.67. The molecule has 3 nitrogen and oxygen atoms in total. The molecular formula is C15H14O3. The lowest BCUT2D eigenvalue weighted by Crippen LogP contribution is -2.09. The summed E-state index contributed by atoms with van der Waals surface area (Å²) in [4.78, 5) is 11.4. The lowest BCUT2D eigenvalue weighted by Gasteiger charge is -2.25. The van der Waals surface area contributed by atoms with Gasteiger partial charge in [-0.15, -0.1) is 0 Å². The molecule has 92 valence electrons. The number of rotatable bonds is 2. The number of fused-ring (bicyclic) bond motifs is 1. The average molecular weight is 242 g/mol. The molecule has 0 amide bonds. The Morgan fingerprint density at radius 2 is 2.00 bits per heavy atom. The first kappa shape index (κ1) is 11.1. The fraction of sp³-hybridized carbons (Fsp3) is 0.267. The summed E-state index contributed by atoms with van der Waals surface area (Å²) >= 11 is 0. The first-order chi connectivity index (χ1) is 8.69. The molecule has 0 aliphatic heterocycles. The molecule has 2 aromatic rings. The van der Waals surface area contributed by atoms with Crippen LogP contribution in [-0.2, 0) is 0 Å². The van der Waals surface area contributed by atoms with Gasteiger partial charge in [-0.2, -0.15) is 0 Å². The fourth-order valence-corrected chi connectivity index (χ4v) is 2.51. The van der Waals surface area contributed by atoms with Gasteiger partial charge in [0.1, 0.15) is 11.3 Å². The van der Waals surface area contributed by atoms with E-state index in [9.17, 15) is 4.79 Å². The molecule has 0 radical (unpaired) electrons. The van der Waals surface area contributed by atoms with E-state index in [1.165, 1.54) is 11.6 Å². The fourth-order valence-electron chi connectivity index (χ4n) is 2.51. The van der Waals surface area contributed by atoms with Crippen LogP contribution in [0.3, 0.4) is 0 Å². The van der Waals surface area contributed by atoms with E-state index >= 15 is 0 Å². The van der Waals surface area contributed by atoms with Crippen LogP contribution in [0.25, 0.3) is 11.0 Å². The van der Waals surface area contributed by atoms with E-state index in [0.29, 0.717) is 5.58 Å². The van der Waals surface area contributed by atoms with E-state index in [2.05, 4.69) is 13.0 Å². The second-order valence-corrected chi connectivity index (χ2v) is 4.68. The molecule has 18 heavy (non-hydrogen) atoms. The number of ether oxygens (including phenoxy) is 1. The van der Waals surface area contributed by atoms with Crippen molar-refractivity contribution in [3.05, 3.63) is 51.9 Å². The van der Waals surface area contributed by atoms with Crippen molar-refractivity contribution < 1.29 is 9.15 Å². The predicted octanol–water partition coefficient (Wildman–Crippen LogP) is 3.24. The zero-order valence-electron chi connectivity index (χ0n) is 10.4. The van der Waals surface area contributed by atoms with Crippen molar-refractivity contribution >= 4 is 11.0 Å². The second-order valence-electron chi connectivity index (χ2n) is 4.68. The molecule has 1 aliphatic rings. The van der Waals surface area contributed by atoms with E-state index in [1.807, 2.05) is 12.1 Å². The molecule has 0 saturated heterocycles. The highest BCUT2D eigenvalue weighted by molar-refractivity contribution is 5.83. The molecule has 3 rings (SSSR count). The Morgan fingerprint density at radius 1 is 1.28 bits per heavy atom. The van der Waals surface area contributed by atoms with Crippen molar-refractivity contribution in [1.82, 2.24) is 0 Å². The molecule has 1 aliphatic carbocycles. The topological polar surface area (TPSA) is 39.4 Å². The number of hydrogen-bond donors (Lipinski definition) is 0. The third-order valence-corrected chi connectivity index (χ3v) is 3.41. The van der Waals surface area contributed by atoms with Crippen LogP contribution in [0.1, 0.15) is 24.8 Å². The molecule has 1 unspecified atom stereocenters. The molecule has 0 bridgehead atoms. The van der Waals surface area contributed by atoms with Crippen molar-refractivity contribution in [2.24, 2.45) is 0 Å². The maximum absolute atomic E-state index is 11.4. The lowest BCUT2D eigenvalue weighted by molar-refractivity contribution is 0.405. The average Bonchev–Trinajstić information content (AvgIpc) is 2.34. The molecule has 0 saturated carbocycles. The first-order valence-corrected chi connectivity index (χ1v) is 5.97. The van der Waals surface area contributed by atoms with E-state index in [0.717, 1.165) is 23.1 Å². The molecule has 1 aromatic heterocycles. The van der Waals surface area contributed by atoms with Crippen molar-refractivity contribution in [3.8, 4) is 5.75 Å². The number of allylic oxidation sites excluding steroid dienone is 2. The van der Waals surface area contributed by atoms with Gasteiger partial charge < -0.3 is 9.15 Å². The summed E-state index contributed by atoms with van der Waals surface area (Å²) in [6.07, 6.45) is 3.18. The van der Waals surface area contributed by atoms with Gasteiger partial charge in [0.05, 0.1) is 7.11 Å².